The average Bonchev–Trinajstić information content (AvgIpc) is 3.43. The summed E-state index contributed by atoms with van der Waals surface area (Å²) in [6, 6.07) is 4.17. The van der Waals surface area contributed by atoms with Crippen LogP contribution in [0.5, 0.6) is 0 Å². The number of aromatic nitrogens is 1. The average molecular weight is 439 g/mol. The third-order valence-electron chi connectivity index (χ3n) is 8.95. The summed E-state index contributed by atoms with van der Waals surface area (Å²) >= 11 is 3.53. The van der Waals surface area contributed by atoms with Gasteiger partial charge in [-0.25, -0.2) is 9.98 Å². The summed E-state index contributed by atoms with van der Waals surface area (Å²) in [4.78, 5) is 12.4. The topological polar surface area (TPSA) is 45.5 Å². The zero-order valence-corrected chi connectivity index (χ0v) is 19.4. The number of thiazole rings is 1. The van der Waals surface area contributed by atoms with Gasteiger partial charge >= 0.3 is 0 Å². The molecule has 0 amide bonds. The van der Waals surface area contributed by atoms with Gasteiger partial charge < -0.3 is 5.11 Å². The molecule has 0 radical (unpaired) electrons. The predicted octanol–water partition coefficient (Wildman–Crippen LogP) is 6.29. The van der Waals surface area contributed by atoms with Crippen LogP contribution in [0, 0.1) is 23.2 Å². The van der Waals surface area contributed by atoms with Gasteiger partial charge in [0.25, 0.3) is 0 Å². The van der Waals surface area contributed by atoms with Gasteiger partial charge in [0.05, 0.1) is 11.8 Å². The number of thiophene rings is 1. The minimum absolute atomic E-state index is 0.120. The highest BCUT2D eigenvalue weighted by molar-refractivity contribution is 7.15. The molecule has 3 unspecified atom stereocenters. The van der Waals surface area contributed by atoms with Crippen LogP contribution in [0.25, 0.3) is 0 Å². The molecular formula is C25H30N2OS2. The second-order valence-electron chi connectivity index (χ2n) is 10.4. The van der Waals surface area contributed by atoms with E-state index in [1.54, 1.807) is 16.9 Å². The summed E-state index contributed by atoms with van der Waals surface area (Å²) in [5, 5.41) is 13.2. The highest BCUT2D eigenvalue weighted by Crippen LogP contribution is 2.64. The van der Waals surface area contributed by atoms with Crippen LogP contribution in [0.4, 0.5) is 5.13 Å². The van der Waals surface area contributed by atoms with E-state index in [2.05, 4.69) is 37.4 Å². The molecule has 0 spiro atoms. The zero-order valence-electron chi connectivity index (χ0n) is 17.8. The van der Waals surface area contributed by atoms with Gasteiger partial charge in [-0.15, -0.1) is 11.3 Å². The van der Waals surface area contributed by atoms with E-state index in [1.807, 2.05) is 17.6 Å². The second kappa shape index (κ2) is 6.85. The Morgan fingerprint density at radius 1 is 1.17 bits per heavy atom. The number of hydrogen-bond acceptors (Lipinski definition) is 5. The predicted molar refractivity (Wildman–Crippen MR) is 125 cm³/mol. The van der Waals surface area contributed by atoms with Gasteiger partial charge in [-0.3, -0.25) is 0 Å². The SMILES string of the molecule is C[C@]12CC[C@H](O)CC1=CCC1C2CC[C@]2(C)c3nc(/N=C/c4cccs4)sc3CC12. The summed E-state index contributed by atoms with van der Waals surface area (Å²) in [7, 11) is 0. The molecule has 2 fully saturated rings. The number of aliphatic imine (C=N–C) groups is 1. The van der Waals surface area contributed by atoms with Crippen LogP contribution in [0.15, 0.2) is 34.2 Å². The van der Waals surface area contributed by atoms with Crippen LogP contribution in [0.2, 0.25) is 0 Å². The van der Waals surface area contributed by atoms with Gasteiger partial charge in [0.1, 0.15) is 0 Å². The van der Waals surface area contributed by atoms with E-state index >= 15 is 0 Å². The lowest BCUT2D eigenvalue weighted by molar-refractivity contribution is -0.0169. The van der Waals surface area contributed by atoms with Gasteiger partial charge in [-0.1, -0.05) is 42.9 Å². The van der Waals surface area contributed by atoms with Crippen molar-refractivity contribution in [3.8, 4) is 0 Å². The molecule has 6 rings (SSSR count). The number of fused-ring (bicyclic) bond motifs is 7. The van der Waals surface area contributed by atoms with Crippen molar-refractivity contribution in [2.45, 2.75) is 70.3 Å². The van der Waals surface area contributed by atoms with E-state index < -0.39 is 0 Å². The molecular weight excluding hydrogens is 408 g/mol. The quantitative estimate of drug-likeness (QED) is 0.442. The smallest absolute Gasteiger partial charge is 0.209 e. The lowest BCUT2D eigenvalue weighted by atomic mass is 9.48. The monoisotopic (exact) mass is 438 g/mol. The molecule has 6 atom stereocenters. The molecule has 30 heavy (non-hydrogen) atoms. The Morgan fingerprint density at radius 3 is 2.87 bits per heavy atom. The standard InChI is InChI=1S/C25H30N2OS2/c1-24-9-7-16(28)12-15(24)5-6-18-19(24)8-10-25(2)20(18)13-21-22(25)27-23(30-21)26-14-17-4-3-11-29-17/h3-5,11,14,16,18-20,28H,6-10,12-13H2,1-2H3/b26-14+/t16-,18?,19?,20?,24-,25-/m0/s1. The number of aliphatic hydroxyl groups excluding tert-OH is 1. The fourth-order valence-corrected chi connectivity index (χ4v) is 8.98. The Labute approximate surface area is 187 Å². The van der Waals surface area contributed by atoms with E-state index in [0.717, 1.165) is 36.2 Å². The van der Waals surface area contributed by atoms with Gasteiger partial charge in [0.2, 0.25) is 5.13 Å². The number of nitrogens with zero attached hydrogens (tertiary/aromatic N) is 2. The van der Waals surface area contributed by atoms with Crippen LogP contribution in [-0.4, -0.2) is 22.4 Å². The van der Waals surface area contributed by atoms with Crippen LogP contribution >= 0.6 is 22.7 Å². The summed E-state index contributed by atoms with van der Waals surface area (Å²) in [6.45, 7) is 4.99. The molecule has 2 aromatic rings. The maximum atomic E-state index is 10.2. The molecule has 2 saturated carbocycles. The second-order valence-corrected chi connectivity index (χ2v) is 12.4. The summed E-state index contributed by atoms with van der Waals surface area (Å²) in [6.07, 6.45) is 12.3. The fourth-order valence-electron chi connectivity index (χ4n) is 7.29. The van der Waals surface area contributed by atoms with Crippen molar-refractivity contribution in [3.63, 3.8) is 0 Å². The van der Waals surface area contributed by atoms with Gasteiger partial charge in [0.15, 0.2) is 0 Å². The van der Waals surface area contributed by atoms with Gasteiger partial charge in [-0.05, 0) is 79.6 Å². The van der Waals surface area contributed by atoms with E-state index in [4.69, 9.17) is 9.98 Å². The molecule has 2 aromatic heterocycles. The third kappa shape index (κ3) is 2.78. The van der Waals surface area contributed by atoms with Crippen molar-refractivity contribution in [2.75, 3.05) is 0 Å². The number of rotatable bonds is 2. The molecule has 0 bridgehead atoms. The first-order valence-corrected chi connectivity index (χ1v) is 13.1. The van der Waals surface area contributed by atoms with Crippen molar-refractivity contribution >= 4 is 34.0 Å². The van der Waals surface area contributed by atoms with Crippen molar-refractivity contribution in [3.05, 3.63) is 44.6 Å². The number of aliphatic hydroxyl groups is 1. The molecule has 4 aliphatic carbocycles. The fraction of sp³-hybridized carbons (Fsp3) is 0.600. The summed E-state index contributed by atoms with van der Waals surface area (Å²) in [5.41, 5.74) is 3.43. The van der Waals surface area contributed by atoms with E-state index in [9.17, 15) is 5.11 Å². The van der Waals surface area contributed by atoms with E-state index in [1.165, 1.54) is 41.1 Å². The Bertz CT molecular complexity index is 1020. The highest BCUT2D eigenvalue weighted by Gasteiger charge is 2.58. The lowest BCUT2D eigenvalue weighted by Crippen LogP contribution is -2.51. The van der Waals surface area contributed by atoms with Crippen molar-refractivity contribution in [1.82, 2.24) is 4.98 Å². The van der Waals surface area contributed by atoms with E-state index in [-0.39, 0.29) is 11.5 Å². The van der Waals surface area contributed by atoms with E-state index in [0.29, 0.717) is 11.3 Å². The summed E-state index contributed by atoms with van der Waals surface area (Å²) < 4.78 is 0. The Morgan fingerprint density at radius 2 is 2.03 bits per heavy atom. The van der Waals surface area contributed by atoms with Crippen molar-refractivity contribution in [2.24, 2.45) is 28.2 Å². The molecule has 1 N–H and O–H groups in total. The molecule has 158 valence electrons. The Balaban J connectivity index is 1.29. The summed E-state index contributed by atoms with van der Waals surface area (Å²) in [5.74, 6) is 2.24. The largest absolute Gasteiger partial charge is 0.393 e. The highest BCUT2D eigenvalue weighted by atomic mass is 32.1. The van der Waals surface area contributed by atoms with Crippen LogP contribution in [0.3, 0.4) is 0 Å². The Hall–Kier alpha value is -1.30. The van der Waals surface area contributed by atoms with Crippen molar-refractivity contribution in [1.29, 1.82) is 0 Å². The van der Waals surface area contributed by atoms with Crippen LogP contribution in [-0.2, 0) is 11.8 Å². The molecule has 0 saturated heterocycles. The minimum Gasteiger partial charge on any atom is -0.393 e. The minimum atomic E-state index is -0.120. The first-order valence-electron chi connectivity index (χ1n) is 11.4. The number of allylic oxidation sites excluding steroid dienone is 1. The molecule has 0 aliphatic heterocycles. The van der Waals surface area contributed by atoms with Crippen LogP contribution < -0.4 is 0 Å². The van der Waals surface area contributed by atoms with Crippen molar-refractivity contribution < 1.29 is 5.11 Å². The van der Waals surface area contributed by atoms with Gasteiger partial charge in [-0.2, -0.15) is 0 Å². The first-order chi connectivity index (χ1) is 14.5. The van der Waals surface area contributed by atoms with Gasteiger partial charge in [0, 0.05) is 21.4 Å². The molecule has 5 heteroatoms. The molecule has 2 heterocycles. The lowest BCUT2D eigenvalue weighted by Gasteiger charge is -2.57. The number of hydrogen-bond donors (Lipinski definition) is 1. The molecule has 0 aromatic carbocycles. The maximum Gasteiger partial charge on any atom is 0.209 e. The normalized spacial score (nSPS) is 39.9. The molecule has 4 aliphatic rings. The zero-order chi connectivity index (χ0) is 20.5. The first kappa shape index (κ1) is 19.4. The molecule has 3 nitrogen and oxygen atoms in total. The maximum absolute atomic E-state index is 10.2. The third-order valence-corrected chi connectivity index (χ3v) is 10.7. The van der Waals surface area contributed by atoms with Crippen LogP contribution in [0.1, 0.15) is 67.8 Å². The Kier molecular flexibility index (Phi) is 4.43.